The molecule has 6 heteroatoms. The molecule has 0 bridgehead atoms. The zero-order valence-electron chi connectivity index (χ0n) is 9.52. The molecule has 0 aliphatic heterocycles. The zero-order chi connectivity index (χ0) is 11.5. The van der Waals surface area contributed by atoms with Crippen molar-refractivity contribution in [3.05, 3.63) is 22.0 Å². The van der Waals surface area contributed by atoms with Gasteiger partial charge in [-0.1, -0.05) is 18.9 Å². The number of thiazole rings is 1. The Hall–Kier alpha value is -1.43. The molecule has 0 atom stereocenters. The van der Waals surface area contributed by atoms with E-state index in [9.17, 15) is 0 Å². The predicted molar refractivity (Wildman–Crippen MR) is 62.6 cm³/mol. The fourth-order valence-electron chi connectivity index (χ4n) is 1.17. The molecule has 2 aromatic rings. The normalized spacial score (nSPS) is 11.0. The summed E-state index contributed by atoms with van der Waals surface area (Å²) in [6.45, 7) is 6.63. The van der Waals surface area contributed by atoms with Crippen LogP contribution in [0.3, 0.4) is 0 Å². The van der Waals surface area contributed by atoms with Crippen molar-refractivity contribution in [1.29, 1.82) is 0 Å². The lowest BCUT2D eigenvalue weighted by Crippen LogP contribution is -1.99. The summed E-state index contributed by atoms with van der Waals surface area (Å²) in [5.41, 5.74) is 1.04. The van der Waals surface area contributed by atoms with Gasteiger partial charge in [-0.3, -0.25) is 0 Å². The van der Waals surface area contributed by atoms with Crippen LogP contribution in [0.5, 0.6) is 0 Å². The van der Waals surface area contributed by atoms with Crippen molar-refractivity contribution in [1.82, 2.24) is 15.2 Å². The molecular weight excluding hydrogens is 224 g/mol. The van der Waals surface area contributed by atoms with Crippen molar-refractivity contribution in [3.63, 3.8) is 0 Å². The summed E-state index contributed by atoms with van der Waals surface area (Å²) in [7, 11) is 0. The van der Waals surface area contributed by atoms with E-state index in [-0.39, 0.29) is 5.92 Å². The quantitative estimate of drug-likeness (QED) is 0.886. The minimum absolute atomic E-state index is 0.255. The SMILES string of the molecule is Cc1csc(CNc2nnc(C(C)C)o2)n1. The Bertz CT molecular complexity index is 463. The first kappa shape index (κ1) is 11.1. The molecule has 0 aliphatic rings. The van der Waals surface area contributed by atoms with Gasteiger partial charge in [0.1, 0.15) is 5.01 Å². The molecule has 16 heavy (non-hydrogen) atoms. The average molecular weight is 238 g/mol. The van der Waals surface area contributed by atoms with Gasteiger partial charge in [-0.2, -0.15) is 0 Å². The van der Waals surface area contributed by atoms with Crippen LogP contribution in [-0.2, 0) is 6.54 Å². The first-order valence-corrected chi connectivity index (χ1v) is 6.01. The summed E-state index contributed by atoms with van der Waals surface area (Å²) in [6.07, 6.45) is 0. The lowest BCUT2D eigenvalue weighted by Gasteiger charge is -1.97. The van der Waals surface area contributed by atoms with Crippen LogP contribution in [0.1, 0.15) is 36.4 Å². The Morgan fingerprint density at radius 3 is 2.81 bits per heavy atom. The summed E-state index contributed by atoms with van der Waals surface area (Å²) < 4.78 is 5.42. The number of rotatable bonds is 4. The maximum absolute atomic E-state index is 5.42. The molecule has 0 fully saturated rings. The molecule has 86 valence electrons. The van der Waals surface area contributed by atoms with Gasteiger partial charge in [0.15, 0.2) is 0 Å². The molecule has 2 heterocycles. The van der Waals surface area contributed by atoms with Crippen LogP contribution in [0.25, 0.3) is 0 Å². The van der Waals surface area contributed by atoms with Crippen LogP contribution < -0.4 is 5.32 Å². The van der Waals surface area contributed by atoms with Gasteiger partial charge >= 0.3 is 6.01 Å². The second kappa shape index (κ2) is 4.61. The highest BCUT2D eigenvalue weighted by atomic mass is 32.1. The number of hydrogen-bond donors (Lipinski definition) is 1. The lowest BCUT2D eigenvalue weighted by molar-refractivity contribution is 0.480. The summed E-state index contributed by atoms with van der Waals surface area (Å²) in [5.74, 6) is 0.906. The van der Waals surface area contributed by atoms with E-state index >= 15 is 0 Å². The third-order valence-corrected chi connectivity index (χ3v) is 2.96. The molecule has 0 amide bonds. The molecular formula is C10H14N4OS. The fraction of sp³-hybridized carbons (Fsp3) is 0.500. The number of aryl methyl sites for hydroxylation is 1. The van der Waals surface area contributed by atoms with E-state index < -0.39 is 0 Å². The first-order chi connectivity index (χ1) is 7.65. The van der Waals surface area contributed by atoms with Crippen LogP contribution in [0, 0.1) is 6.92 Å². The molecule has 0 aromatic carbocycles. The Morgan fingerprint density at radius 1 is 1.44 bits per heavy atom. The molecule has 0 radical (unpaired) electrons. The van der Waals surface area contributed by atoms with Crippen LogP contribution in [0.15, 0.2) is 9.80 Å². The third kappa shape index (κ3) is 2.57. The number of hydrogen-bond acceptors (Lipinski definition) is 6. The van der Waals surface area contributed by atoms with Crippen molar-refractivity contribution < 1.29 is 4.42 Å². The summed E-state index contributed by atoms with van der Waals surface area (Å²) in [5, 5.41) is 13.9. The summed E-state index contributed by atoms with van der Waals surface area (Å²) in [6, 6.07) is 0.455. The standard InChI is InChI=1S/C10H14N4OS/c1-6(2)9-13-14-10(15-9)11-4-8-12-7(3)5-16-8/h5-6H,4H2,1-3H3,(H,11,14). The van der Waals surface area contributed by atoms with Gasteiger partial charge in [0, 0.05) is 17.0 Å². The maximum atomic E-state index is 5.42. The van der Waals surface area contributed by atoms with Gasteiger partial charge in [0.25, 0.3) is 0 Å². The molecule has 1 N–H and O–H groups in total. The van der Waals surface area contributed by atoms with Gasteiger partial charge < -0.3 is 9.73 Å². The van der Waals surface area contributed by atoms with Crippen molar-refractivity contribution in [2.75, 3.05) is 5.32 Å². The number of aromatic nitrogens is 3. The molecule has 0 saturated heterocycles. The van der Waals surface area contributed by atoms with Crippen LogP contribution in [0.4, 0.5) is 6.01 Å². The largest absolute Gasteiger partial charge is 0.408 e. The molecule has 0 saturated carbocycles. The topological polar surface area (TPSA) is 63.8 Å². The molecule has 2 rings (SSSR count). The van der Waals surface area contributed by atoms with E-state index in [4.69, 9.17) is 4.42 Å². The second-order valence-corrected chi connectivity index (χ2v) is 4.78. The van der Waals surface area contributed by atoms with Gasteiger partial charge in [0.2, 0.25) is 5.89 Å². The highest BCUT2D eigenvalue weighted by molar-refractivity contribution is 7.09. The molecule has 5 nitrogen and oxygen atoms in total. The van der Waals surface area contributed by atoms with E-state index in [0.29, 0.717) is 18.5 Å². The number of anilines is 1. The first-order valence-electron chi connectivity index (χ1n) is 5.13. The minimum Gasteiger partial charge on any atom is -0.408 e. The second-order valence-electron chi connectivity index (χ2n) is 3.84. The van der Waals surface area contributed by atoms with Gasteiger partial charge in [0.05, 0.1) is 6.54 Å². The van der Waals surface area contributed by atoms with E-state index in [0.717, 1.165) is 10.7 Å². The summed E-state index contributed by atoms with van der Waals surface area (Å²) in [4.78, 5) is 4.33. The highest BCUT2D eigenvalue weighted by Gasteiger charge is 2.09. The van der Waals surface area contributed by atoms with Crippen molar-refractivity contribution in [3.8, 4) is 0 Å². The van der Waals surface area contributed by atoms with Gasteiger partial charge in [-0.25, -0.2) is 4.98 Å². The third-order valence-electron chi connectivity index (χ3n) is 1.99. The zero-order valence-corrected chi connectivity index (χ0v) is 10.3. The monoisotopic (exact) mass is 238 g/mol. The van der Waals surface area contributed by atoms with Crippen LogP contribution in [0.2, 0.25) is 0 Å². The number of nitrogens with zero attached hydrogens (tertiary/aromatic N) is 3. The highest BCUT2D eigenvalue weighted by Crippen LogP contribution is 2.16. The Labute approximate surface area is 97.9 Å². The van der Waals surface area contributed by atoms with Crippen molar-refractivity contribution in [2.24, 2.45) is 0 Å². The Balaban J connectivity index is 1.94. The molecule has 0 aliphatic carbocycles. The average Bonchev–Trinajstić information content (AvgIpc) is 2.83. The summed E-state index contributed by atoms with van der Waals surface area (Å²) >= 11 is 1.62. The van der Waals surface area contributed by atoms with E-state index in [1.54, 1.807) is 11.3 Å². The van der Waals surface area contributed by atoms with E-state index in [2.05, 4.69) is 20.5 Å². The van der Waals surface area contributed by atoms with Gasteiger partial charge in [-0.15, -0.1) is 16.4 Å². The molecule has 0 spiro atoms. The minimum atomic E-state index is 0.255. The maximum Gasteiger partial charge on any atom is 0.315 e. The molecule has 2 aromatic heterocycles. The van der Waals surface area contributed by atoms with Gasteiger partial charge in [-0.05, 0) is 6.92 Å². The lowest BCUT2D eigenvalue weighted by atomic mass is 10.2. The van der Waals surface area contributed by atoms with Crippen LogP contribution >= 0.6 is 11.3 Å². The Morgan fingerprint density at radius 2 is 2.25 bits per heavy atom. The van der Waals surface area contributed by atoms with E-state index in [1.807, 2.05) is 26.2 Å². The predicted octanol–water partition coefficient (Wildman–Crippen LogP) is 2.57. The Kier molecular flexibility index (Phi) is 3.19. The van der Waals surface area contributed by atoms with Crippen molar-refractivity contribution in [2.45, 2.75) is 33.2 Å². The molecule has 0 unspecified atom stereocenters. The van der Waals surface area contributed by atoms with E-state index in [1.165, 1.54) is 0 Å². The number of nitrogens with one attached hydrogen (secondary N) is 1. The fourth-order valence-corrected chi connectivity index (χ4v) is 1.89. The van der Waals surface area contributed by atoms with Crippen molar-refractivity contribution >= 4 is 17.4 Å². The smallest absolute Gasteiger partial charge is 0.315 e. The van der Waals surface area contributed by atoms with Crippen LogP contribution in [-0.4, -0.2) is 15.2 Å².